The molecular formula is C16H19NO3. The Morgan fingerprint density at radius 3 is 2.70 bits per heavy atom. The van der Waals surface area contributed by atoms with E-state index in [1.54, 1.807) is 6.08 Å². The molecule has 2 rings (SSSR count). The number of amides is 1. The van der Waals surface area contributed by atoms with Gasteiger partial charge >= 0.3 is 5.97 Å². The topological polar surface area (TPSA) is 66.4 Å². The summed E-state index contributed by atoms with van der Waals surface area (Å²) >= 11 is 0. The summed E-state index contributed by atoms with van der Waals surface area (Å²) in [6, 6.07) is 5.57. The molecule has 0 aromatic heterocycles. The van der Waals surface area contributed by atoms with Gasteiger partial charge < -0.3 is 10.4 Å². The Hall–Kier alpha value is -2.10. The van der Waals surface area contributed by atoms with Gasteiger partial charge in [0.2, 0.25) is 5.91 Å². The second-order valence-corrected chi connectivity index (χ2v) is 5.06. The highest BCUT2D eigenvalue weighted by molar-refractivity contribution is 5.94. The minimum atomic E-state index is -0.967. The van der Waals surface area contributed by atoms with Gasteiger partial charge in [-0.15, -0.1) is 0 Å². The van der Waals surface area contributed by atoms with Gasteiger partial charge in [-0.3, -0.25) is 4.79 Å². The predicted octanol–water partition coefficient (Wildman–Crippen LogP) is 3.09. The highest BCUT2D eigenvalue weighted by atomic mass is 16.4. The molecule has 1 amide bonds. The zero-order valence-corrected chi connectivity index (χ0v) is 11.6. The standard InChI is InChI=1S/C16H19NO3/c1-2-12-10-11(7-9-15(18)19)6-8-14(12)17-16(20)13-4-3-5-13/h6-10,13H,2-5H2,1H3,(H,17,20)(H,18,19)/b9-7+. The number of aliphatic carboxylic acids is 1. The Morgan fingerprint density at radius 1 is 1.40 bits per heavy atom. The molecule has 106 valence electrons. The Morgan fingerprint density at radius 2 is 2.15 bits per heavy atom. The SMILES string of the molecule is CCc1cc(/C=C/C(=O)O)ccc1NC(=O)C1CCC1. The maximum Gasteiger partial charge on any atom is 0.328 e. The number of aryl methyl sites for hydroxylation is 1. The summed E-state index contributed by atoms with van der Waals surface area (Å²) in [6.45, 7) is 2.01. The van der Waals surface area contributed by atoms with Gasteiger partial charge in [0.25, 0.3) is 0 Å². The zero-order chi connectivity index (χ0) is 14.5. The molecule has 1 aliphatic rings. The molecule has 0 unspecified atom stereocenters. The Kier molecular flexibility index (Phi) is 4.56. The Labute approximate surface area is 118 Å². The van der Waals surface area contributed by atoms with Crippen molar-refractivity contribution in [3.8, 4) is 0 Å². The van der Waals surface area contributed by atoms with E-state index in [1.165, 1.54) is 0 Å². The molecule has 4 nitrogen and oxygen atoms in total. The van der Waals surface area contributed by atoms with E-state index >= 15 is 0 Å². The fraction of sp³-hybridized carbons (Fsp3) is 0.375. The summed E-state index contributed by atoms with van der Waals surface area (Å²) in [6.07, 6.45) is 6.55. The van der Waals surface area contributed by atoms with Gasteiger partial charge in [-0.25, -0.2) is 4.79 Å². The highest BCUT2D eigenvalue weighted by Gasteiger charge is 2.25. The number of carboxylic acid groups (broad SMARTS) is 1. The monoisotopic (exact) mass is 273 g/mol. The molecule has 2 N–H and O–H groups in total. The van der Waals surface area contributed by atoms with Crippen molar-refractivity contribution in [2.45, 2.75) is 32.6 Å². The summed E-state index contributed by atoms with van der Waals surface area (Å²) in [5.74, 6) is -0.712. The van der Waals surface area contributed by atoms with E-state index in [1.807, 2.05) is 25.1 Å². The van der Waals surface area contributed by atoms with Crippen molar-refractivity contribution in [2.24, 2.45) is 5.92 Å². The molecule has 0 saturated heterocycles. The highest BCUT2D eigenvalue weighted by Crippen LogP contribution is 2.28. The van der Waals surface area contributed by atoms with Crippen LogP contribution in [0, 0.1) is 5.92 Å². The lowest BCUT2D eigenvalue weighted by Gasteiger charge is -2.24. The van der Waals surface area contributed by atoms with Crippen molar-refractivity contribution in [3.05, 3.63) is 35.4 Å². The number of hydrogen-bond donors (Lipinski definition) is 2. The van der Waals surface area contributed by atoms with Crippen LogP contribution in [0.3, 0.4) is 0 Å². The number of rotatable bonds is 5. The number of carbonyl (C=O) groups is 2. The van der Waals surface area contributed by atoms with Gasteiger partial charge in [-0.05, 0) is 48.6 Å². The van der Waals surface area contributed by atoms with Crippen LogP contribution in [0.1, 0.15) is 37.3 Å². The molecule has 0 aliphatic heterocycles. The van der Waals surface area contributed by atoms with Gasteiger partial charge in [-0.2, -0.15) is 0 Å². The van der Waals surface area contributed by atoms with E-state index in [-0.39, 0.29) is 11.8 Å². The number of anilines is 1. The van der Waals surface area contributed by atoms with E-state index in [2.05, 4.69) is 5.32 Å². The van der Waals surface area contributed by atoms with Crippen LogP contribution in [0.15, 0.2) is 24.3 Å². The first-order chi connectivity index (χ1) is 9.60. The lowest BCUT2D eigenvalue weighted by Crippen LogP contribution is -2.28. The van der Waals surface area contributed by atoms with Crippen molar-refractivity contribution >= 4 is 23.6 Å². The first-order valence-corrected chi connectivity index (χ1v) is 6.95. The van der Waals surface area contributed by atoms with Gasteiger partial charge in [0.15, 0.2) is 0 Å². The van der Waals surface area contributed by atoms with Crippen LogP contribution in [0.25, 0.3) is 6.08 Å². The quantitative estimate of drug-likeness (QED) is 0.810. The van der Waals surface area contributed by atoms with Gasteiger partial charge in [0.1, 0.15) is 0 Å². The van der Waals surface area contributed by atoms with Crippen LogP contribution >= 0.6 is 0 Å². The Bertz CT molecular complexity index is 545. The largest absolute Gasteiger partial charge is 0.478 e. The van der Waals surface area contributed by atoms with Crippen LogP contribution in [0.4, 0.5) is 5.69 Å². The van der Waals surface area contributed by atoms with Crippen molar-refractivity contribution in [1.82, 2.24) is 0 Å². The third kappa shape index (κ3) is 3.47. The van der Waals surface area contributed by atoms with Gasteiger partial charge in [-0.1, -0.05) is 19.4 Å². The summed E-state index contributed by atoms with van der Waals surface area (Å²) in [5.41, 5.74) is 2.67. The first kappa shape index (κ1) is 14.3. The van der Waals surface area contributed by atoms with Crippen LogP contribution in [-0.4, -0.2) is 17.0 Å². The molecule has 1 aromatic rings. The summed E-state index contributed by atoms with van der Waals surface area (Å²) in [5, 5.41) is 11.6. The lowest BCUT2D eigenvalue weighted by atomic mass is 9.84. The smallest absolute Gasteiger partial charge is 0.328 e. The summed E-state index contributed by atoms with van der Waals surface area (Å²) < 4.78 is 0. The number of hydrogen-bond acceptors (Lipinski definition) is 2. The summed E-state index contributed by atoms with van der Waals surface area (Å²) in [4.78, 5) is 22.5. The lowest BCUT2D eigenvalue weighted by molar-refractivity contribution is -0.131. The molecule has 20 heavy (non-hydrogen) atoms. The first-order valence-electron chi connectivity index (χ1n) is 6.95. The predicted molar refractivity (Wildman–Crippen MR) is 78.5 cm³/mol. The number of nitrogens with one attached hydrogen (secondary N) is 1. The number of carboxylic acids is 1. The third-order valence-electron chi connectivity index (χ3n) is 3.66. The molecule has 0 heterocycles. The van der Waals surface area contributed by atoms with E-state index < -0.39 is 5.97 Å². The fourth-order valence-electron chi connectivity index (χ4n) is 2.20. The average molecular weight is 273 g/mol. The second-order valence-electron chi connectivity index (χ2n) is 5.06. The van der Waals surface area contributed by atoms with Crippen LogP contribution < -0.4 is 5.32 Å². The van der Waals surface area contributed by atoms with Crippen molar-refractivity contribution < 1.29 is 14.7 Å². The molecule has 0 bridgehead atoms. The molecule has 4 heteroatoms. The normalized spacial score (nSPS) is 15.1. The minimum Gasteiger partial charge on any atom is -0.478 e. The molecule has 1 fully saturated rings. The van der Waals surface area contributed by atoms with E-state index in [9.17, 15) is 9.59 Å². The second kappa shape index (κ2) is 6.37. The van der Waals surface area contributed by atoms with Crippen molar-refractivity contribution in [3.63, 3.8) is 0 Å². The minimum absolute atomic E-state index is 0.0970. The van der Waals surface area contributed by atoms with Crippen LogP contribution in [0.5, 0.6) is 0 Å². The average Bonchev–Trinajstić information content (AvgIpc) is 2.35. The maximum absolute atomic E-state index is 12.0. The Balaban J connectivity index is 2.12. The number of benzene rings is 1. The third-order valence-corrected chi connectivity index (χ3v) is 3.66. The molecule has 0 atom stereocenters. The van der Waals surface area contributed by atoms with Gasteiger partial charge in [0.05, 0.1) is 0 Å². The van der Waals surface area contributed by atoms with E-state index in [0.29, 0.717) is 0 Å². The number of carbonyl (C=O) groups excluding carboxylic acids is 1. The van der Waals surface area contributed by atoms with Crippen molar-refractivity contribution in [1.29, 1.82) is 0 Å². The van der Waals surface area contributed by atoms with E-state index in [0.717, 1.165) is 48.6 Å². The molecule has 1 aliphatic carbocycles. The van der Waals surface area contributed by atoms with Crippen LogP contribution in [-0.2, 0) is 16.0 Å². The molecule has 1 aromatic carbocycles. The molecule has 0 radical (unpaired) electrons. The summed E-state index contributed by atoms with van der Waals surface area (Å²) in [7, 11) is 0. The maximum atomic E-state index is 12.0. The molecule has 1 saturated carbocycles. The van der Waals surface area contributed by atoms with Crippen molar-refractivity contribution in [2.75, 3.05) is 5.32 Å². The molecular weight excluding hydrogens is 254 g/mol. The zero-order valence-electron chi connectivity index (χ0n) is 11.6. The van der Waals surface area contributed by atoms with Gasteiger partial charge in [0, 0.05) is 17.7 Å². The molecule has 0 spiro atoms. The van der Waals surface area contributed by atoms with E-state index in [4.69, 9.17) is 5.11 Å². The fourth-order valence-corrected chi connectivity index (χ4v) is 2.20. The van der Waals surface area contributed by atoms with Crippen LogP contribution in [0.2, 0.25) is 0 Å².